The number of fused-ring (bicyclic) bond motifs is 2. The third kappa shape index (κ3) is 4.39. The summed E-state index contributed by atoms with van der Waals surface area (Å²) >= 11 is 0. The summed E-state index contributed by atoms with van der Waals surface area (Å²) in [6.45, 7) is 3.61. The van der Waals surface area contributed by atoms with Crippen LogP contribution in [0.1, 0.15) is 46.0 Å². The Morgan fingerprint density at radius 2 is 1.82 bits per heavy atom. The molecule has 196 valence electrons. The number of hydrogen-bond donors (Lipinski definition) is 1. The molecule has 40 heavy (non-hydrogen) atoms. The lowest BCUT2D eigenvalue weighted by Gasteiger charge is -2.21. The molecule has 0 unspecified atom stereocenters. The molecule has 0 radical (unpaired) electrons. The summed E-state index contributed by atoms with van der Waals surface area (Å²) < 4.78 is 4.83. The van der Waals surface area contributed by atoms with Gasteiger partial charge in [0.25, 0.3) is 11.5 Å². The van der Waals surface area contributed by atoms with E-state index in [1.807, 2.05) is 80.8 Å². The number of aryl methyl sites for hydroxylation is 2. The molecule has 1 atom stereocenters. The molecule has 4 aromatic heterocycles. The lowest BCUT2D eigenvalue weighted by atomic mass is 10.0. The number of hydrogen-bond acceptors (Lipinski definition) is 6. The lowest BCUT2D eigenvalue weighted by Crippen LogP contribution is -2.32. The summed E-state index contributed by atoms with van der Waals surface area (Å²) in [6, 6.07) is 18.1. The molecule has 0 fully saturated rings. The second-order valence-electron chi connectivity index (χ2n) is 9.40. The summed E-state index contributed by atoms with van der Waals surface area (Å²) in [5.41, 5.74) is 3.80. The molecule has 0 aliphatic carbocycles. The average molecular weight is 529 g/mol. The number of para-hydroxylation sites is 1. The minimum absolute atomic E-state index is 0.229. The summed E-state index contributed by atoms with van der Waals surface area (Å²) in [4.78, 5) is 27.6. The monoisotopic (exact) mass is 528 g/mol. The number of nitrogens with zero attached hydrogens (tertiary/aromatic N) is 7. The van der Waals surface area contributed by atoms with E-state index in [1.165, 1.54) is 17.0 Å². The van der Waals surface area contributed by atoms with Crippen molar-refractivity contribution in [1.29, 1.82) is 0 Å². The van der Waals surface area contributed by atoms with Gasteiger partial charge in [0.05, 0.1) is 28.9 Å². The first-order valence-electron chi connectivity index (χ1n) is 12.6. The highest BCUT2D eigenvalue weighted by Gasteiger charge is 2.23. The molecule has 0 aliphatic heterocycles. The van der Waals surface area contributed by atoms with Gasteiger partial charge in [0, 0.05) is 30.2 Å². The van der Waals surface area contributed by atoms with Crippen LogP contribution in [0.4, 0.5) is 0 Å². The van der Waals surface area contributed by atoms with Gasteiger partial charge in [-0.15, -0.1) is 5.10 Å². The predicted octanol–water partition coefficient (Wildman–Crippen LogP) is 3.36. The Hall–Kier alpha value is -5.56. The summed E-state index contributed by atoms with van der Waals surface area (Å²) in [5.74, 6) is 5.86. The highest BCUT2D eigenvalue weighted by atomic mass is 16.2. The van der Waals surface area contributed by atoms with Crippen LogP contribution in [0.25, 0.3) is 22.0 Å². The Kier molecular flexibility index (Phi) is 6.16. The maximum atomic E-state index is 14.2. The normalized spacial score (nSPS) is 11.8. The van der Waals surface area contributed by atoms with E-state index >= 15 is 0 Å². The quantitative estimate of drug-likeness (QED) is 0.351. The van der Waals surface area contributed by atoms with Gasteiger partial charge in [0.15, 0.2) is 0 Å². The van der Waals surface area contributed by atoms with Crippen molar-refractivity contribution >= 4 is 22.2 Å². The van der Waals surface area contributed by atoms with Crippen molar-refractivity contribution in [2.24, 2.45) is 7.05 Å². The summed E-state index contributed by atoms with van der Waals surface area (Å²) in [7, 11) is 1.83. The van der Waals surface area contributed by atoms with Crippen LogP contribution in [0.3, 0.4) is 0 Å². The van der Waals surface area contributed by atoms with Crippen LogP contribution in [0.2, 0.25) is 0 Å². The molecule has 10 heteroatoms. The number of aromatic nitrogens is 7. The van der Waals surface area contributed by atoms with Crippen molar-refractivity contribution in [2.75, 3.05) is 0 Å². The highest BCUT2D eigenvalue weighted by Crippen LogP contribution is 2.24. The van der Waals surface area contributed by atoms with Crippen molar-refractivity contribution in [3.05, 3.63) is 118 Å². The highest BCUT2D eigenvalue weighted by molar-refractivity contribution is 6.02. The molecular formula is C30H24N8O2. The van der Waals surface area contributed by atoms with Crippen LogP contribution in [0.15, 0.2) is 84.2 Å². The van der Waals surface area contributed by atoms with Crippen LogP contribution in [-0.2, 0) is 7.05 Å². The van der Waals surface area contributed by atoms with Crippen molar-refractivity contribution in [3.63, 3.8) is 0 Å². The first-order valence-corrected chi connectivity index (χ1v) is 12.6. The van der Waals surface area contributed by atoms with Crippen molar-refractivity contribution in [1.82, 2.24) is 39.5 Å². The smallest absolute Gasteiger partial charge is 0.264 e. The van der Waals surface area contributed by atoms with Crippen molar-refractivity contribution in [2.45, 2.75) is 19.9 Å². The fourth-order valence-electron chi connectivity index (χ4n) is 4.83. The topological polar surface area (TPSA) is 112 Å². The molecule has 10 nitrogen and oxygen atoms in total. The van der Waals surface area contributed by atoms with E-state index < -0.39 is 6.04 Å². The van der Waals surface area contributed by atoms with Crippen LogP contribution < -0.4 is 10.9 Å². The Morgan fingerprint density at radius 1 is 1.00 bits per heavy atom. The van der Waals surface area contributed by atoms with E-state index in [0.29, 0.717) is 44.8 Å². The number of rotatable bonds is 4. The van der Waals surface area contributed by atoms with Gasteiger partial charge in [-0.25, -0.2) is 4.52 Å². The molecule has 1 N–H and O–H groups in total. The lowest BCUT2D eigenvalue weighted by molar-refractivity contribution is 0.0939. The van der Waals surface area contributed by atoms with Crippen LogP contribution in [0, 0.1) is 18.8 Å². The zero-order valence-electron chi connectivity index (χ0n) is 22.0. The molecular weight excluding hydrogens is 504 g/mol. The fraction of sp³-hybridized carbons (Fsp3) is 0.133. The van der Waals surface area contributed by atoms with Gasteiger partial charge in [0.1, 0.15) is 17.5 Å². The van der Waals surface area contributed by atoms with Crippen molar-refractivity contribution in [3.8, 4) is 17.5 Å². The number of nitrogens with one attached hydrogen (secondary N) is 1. The Bertz CT molecular complexity index is 2030. The summed E-state index contributed by atoms with van der Waals surface area (Å²) in [6.07, 6.45) is 4.77. The van der Waals surface area contributed by atoms with Gasteiger partial charge >= 0.3 is 0 Å². The molecule has 0 saturated heterocycles. The first kappa shape index (κ1) is 24.8. The average Bonchev–Trinajstić information content (AvgIpc) is 3.53. The van der Waals surface area contributed by atoms with E-state index in [-0.39, 0.29) is 11.5 Å². The molecule has 0 saturated carbocycles. The fourth-order valence-corrected chi connectivity index (χ4v) is 4.83. The number of carbonyl (C=O) groups excluding carboxylic acids is 1. The number of amides is 1. The first-order chi connectivity index (χ1) is 19.4. The van der Waals surface area contributed by atoms with E-state index in [0.717, 1.165) is 5.39 Å². The molecule has 0 aliphatic rings. The third-order valence-corrected chi connectivity index (χ3v) is 6.68. The SMILES string of the molecule is Cc1nn2cnncc2c1C(=O)N[C@@H](C)c1cc2cccc(C#Cc3ccn(C)n3)c2c(=O)n1-c1ccccc1. The van der Waals surface area contributed by atoms with Gasteiger partial charge in [-0.1, -0.05) is 36.3 Å². The van der Waals surface area contributed by atoms with E-state index in [1.54, 1.807) is 16.2 Å². The maximum Gasteiger partial charge on any atom is 0.264 e. The Labute approximate surface area is 228 Å². The standard InChI is InChI=1S/C30H24N8O2/c1-19(33-29(39)27-20(2)34-37-18-32-31-17-26(27)37)25-16-22-9-7-8-21(12-13-23-14-15-36(3)35-23)28(22)30(40)38(25)24-10-5-4-6-11-24/h4-11,14-19H,1-3H3,(H,33,39)/t19-/m0/s1. The number of benzene rings is 2. The van der Waals surface area contributed by atoms with Gasteiger partial charge in [0.2, 0.25) is 0 Å². The van der Waals surface area contributed by atoms with Gasteiger partial charge in [-0.2, -0.15) is 15.3 Å². The number of pyridine rings is 1. The van der Waals surface area contributed by atoms with E-state index in [4.69, 9.17) is 0 Å². The zero-order valence-corrected chi connectivity index (χ0v) is 22.0. The zero-order chi connectivity index (χ0) is 27.8. The number of carbonyl (C=O) groups is 1. The Balaban J connectivity index is 1.48. The van der Waals surface area contributed by atoms with E-state index in [2.05, 4.69) is 37.6 Å². The van der Waals surface area contributed by atoms with Crippen LogP contribution in [0.5, 0.6) is 0 Å². The second-order valence-corrected chi connectivity index (χ2v) is 9.40. The minimum Gasteiger partial charge on any atom is -0.344 e. The van der Waals surface area contributed by atoms with E-state index in [9.17, 15) is 9.59 Å². The molecule has 4 heterocycles. The largest absolute Gasteiger partial charge is 0.344 e. The Morgan fingerprint density at radius 3 is 2.60 bits per heavy atom. The molecule has 2 aromatic carbocycles. The molecule has 0 bridgehead atoms. The molecule has 1 amide bonds. The van der Waals surface area contributed by atoms with Gasteiger partial charge < -0.3 is 5.32 Å². The van der Waals surface area contributed by atoms with Gasteiger partial charge in [-0.3, -0.25) is 18.8 Å². The molecule has 6 rings (SSSR count). The van der Waals surface area contributed by atoms with Crippen LogP contribution in [-0.4, -0.2) is 40.1 Å². The predicted molar refractivity (Wildman–Crippen MR) is 150 cm³/mol. The second kappa shape index (κ2) is 9.96. The third-order valence-electron chi connectivity index (χ3n) is 6.68. The van der Waals surface area contributed by atoms with Crippen molar-refractivity contribution < 1.29 is 4.79 Å². The van der Waals surface area contributed by atoms with Gasteiger partial charge in [-0.05, 0) is 55.5 Å². The van der Waals surface area contributed by atoms with Crippen LogP contribution >= 0.6 is 0 Å². The summed E-state index contributed by atoms with van der Waals surface area (Å²) in [5, 5.41) is 20.7. The maximum absolute atomic E-state index is 14.2. The molecule has 0 spiro atoms. The molecule has 6 aromatic rings. The minimum atomic E-state index is -0.530.